The van der Waals surface area contributed by atoms with Crippen LogP contribution in [-0.2, 0) is 22.7 Å². The lowest BCUT2D eigenvalue weighted by molar-refractivity contribution is 0.152. The first-order valence-electron chi connectivity index (χ1n) is 7.39. The Morgan fingerprint density at radius 1 is 0.708 bits per heavy atom. The fraction of sp³-hybridized carbons (Fsp3) is 0.222. The smallest absolute Gasteiger partial charge is 0.134 e. The van der Waals surface area contributed by atoms with Crippen molar-refractivity contribution in [3.63, 3.8) is 0 Å². The van der Waals surface area contributed by atoms with E-state index in [1.165, 1.54) is 0 Å². The molecule has 0 amide bonds. The molecule has 24 heavy (non-hydrogen) atoms. The molecule has 3 rings (SSSR count). The molecule has 0 atom stereocenters. The van der Waals surface area contributed by atoms with Gasteiger partial charge < -0.3 is 9.47 Å². The van der Waals surface area contributed by atoms with Gasteiger partial charge >= 0.3 is 0 Å². The molecule has 3 aromatic rings. The highest BCUT2D eigenvalue weighted by Gasteiger charge is 2.05. The summed E-state index contributed by atoms with van der Waals surface area (Å²) in [5.74, 6) is 0. The summed E-state index contributed by atoms with van der Waals surface area (Å²) in [6.07, 6.45) is 0. The van der Waals surface area contributed by atoms with Gasteiger partial charge in [-0.25, -0.2) is 9.97 Å². The minimum absolute atomic E-state index is 0.0630. The topological polar surface area (TPSA) is 91.8 Å². The number of fused-ring (bicyclic) bond motifs is 2. The minimum atomic E-state index is 0.0630. The molecule has 0 aliphatic heterocycles. The van der Waals surface area contributed by atoms with Crippen LogP contribution in [-0.4, -0.2) is 23.2 Å². The fourth-order valence-corrected chi connectivity index (χ4v) is 2.37. The lowest BCUT2D eigenvalue weighted by Gasteiger charge is -2.06. The summed E-state index contributed by atoms with van der Waals surface area (Å²) in [7, 11) is 0. The van der Waals surface area contributed by atoms with Gasteiger partial charge in [-0.15, -0.1) is 0 Å². The molecule has 0 N–H and O–H groups in total. The van der Waals surface area contributed by atoms with Gasteiger partial charge in [-0.2, -0.15) is 10.5 Å². The number of rotatable bonds is 6. The molecule has 0 fully saturated rings. The Bertz CT molecular complexity index is 882. The summed E-state index contributed by atoms with van der Waals surface area (Å²) in [6, 6.07) is 15.4. The summed E-state index contributed by atoms with van der Waals surface area (Å²) in [6.45, 7) is 0.859. The summed E-state index contributed by atoms with van der Waals surface area (Å²) < 4.78 is 10.5. The molecular formula is C18H14N4O2. The van der Waals surface area contributed by atoms with Crippen molar-refractivity contribution in [3.05, 3.63) is 47.5 Å². The van der Waals surface area contributed by atoms with Crippen LogP contribution in [0.3, 0.4) is 0 Å². The van der Waals surface area contributed by atoms with Gasteiger partial charge in [0.25, 0.3) is 0 Å². The zero-order valence-corrected chi connectivity index (χ0v) is 12.9. The summed E-state index contributed by atoms with van der Waals surface area (Å²) >= 11 is 0. The molecule has 0 unspecified atom stereocenters. The van der Waals surface area contributed by atoms with E-state index in [1.807, 2.05) is 48.5 Å². The van der Waals surface area contributed by atoms with Crippen LogP contribution in [0, 0.1) is 22.7 Å². The molecule has 0 aliphatic carbocycles. The Morgan fingerprint density at radius 2 is 1.17 bits per heavy atom. The monoisotopic (exact) mass is 318 g/mol. The number of benzene rings is 2. The lowest BCUT2D eigenvalue weighted by atomic mass is 10.1. The molecule has 0 spiro atoms. The van der Waals surface area contributed by atoms with Crippen LogP contribution in [0.25, 0.3) is 22.1 Å². The van der Waals surface area contributed by atoms with Gasteiger partial charge in [-0.3, -0.25) is 0 Å². The standard InChI is InChI=1S/C18H14N4O2/c19-5-7-23-11-13-1-3-15-17(9-13)22-18-10-14(12-24-8-6-20)2-4-16(18)21-15/h1-4,9-10H,7-8,11-12H2. The Morgan fingerprint density at radius 3 is 1.62 bits per heavy atom. The molecule has 0 saturated carbocycles. The third-order valence-electron chi connectivity index (χ3n) is 3.43. The second-order valence-corrected chi connectivity index (χ2v) is 5.17. The molecule has 118 valence electrons. The van der Waals surface area contributed by atoms with Gasteiger partial charge in [0.2, 0.25) is 0 Å². The summed E-state index contributed by atoms with van der Waals surface area (Å²) in [5, 5.41) is 17.0. The highest BCUT2D eigenvalue weighted by molar-refractivity contribution is 5.86. The van der Waals surface area contributed by atoms with E-state index in [0.717, 1.165) is 33.2 Å². The highest BCUT2D eigenvalue weighted by Crippen LogP contribution is 2.19. The van der Waals surface area contributed by atoms with Gasteiger partial charge in [0, 0.05) is 0 Å². The third kappa shape index (κ3) is 3.64. The first kappa shape index (κ1) is 15.8. The van der Waals surface area contributed by atoms with Gasteiger partial charge in [0.15, 0.2) is 0 Å². The summed E-state index contributed by atoms with van der Waals surface area (Å²) in [4.78, 5) is 9.26. The van der Waals surface area contributed by atoms with Crippen LogP contribution < -0.4 is 0 Å². The van der Waals surface area contributed by atoms with Crippen molar-refractivity contribution in [1.82, 2.24) is 9.97 Å². The van der Waals surface area contributed by atoms with E-state index in [0.29, 0.717) is 13.2 Å². The van der Waals surface area contributed by atoms with Crippen LogP contribution in [0.15, 0.2) is 36.4 Å². The Labute approximate surface area is 138 Å². The van der Waals surface area contributed by atoms with Crippen LogP contribution in [0.4, 0.5) is 0 Å². The molecular weight excluding hydrogens is 304 g/mol. The Balaban J connectivity index is 1.90. The molecule has 0 bridgehead atoms. The molecule has 0 aliphatic rings. The maximum atomic E-state index is 8.51. The number of ether oxygens (including phenoxy) is 2. The lowest BCUT2D eigenvalue weighted by Crippen LogP contribution is -1.96. The second kappa shape index (κ2) is 7.47. The predicted octanol–water partition coefficient (Wildman–Crippen LogP) is 2.86. The zero-order valence-electron chi connectivity index (χ0n) is 12.9. The normalized spacial score (nSPS) is 10.6. The maximum absolute atomic E-state index is 8.51. The van der Waals surface area contributed by atoms with Crippen molar-refractivity contribution in [2.75, 3.05) is 13.2 Å². The van der Waals surface area contributed by atoms with Gasteiger partial charge in [-0.1, -0.05) is 12.1 Å². The van der Waals surface area contributed by atoms with E-state index in [2.05, 4.69) is 9.97 Å². The van der Waals surface area contributed by atoms with Crippen molar-refractivity contribution in [2.24, 2.45) is 0 Å². The third-order valence-corrected chi connectivity index (χ3v) is 3.43. The molecule has 2 aromatic carbocycles. The Kier molecular flexibility index (Phi) is 4.93. The van der Waals surface area contributed by atoms with E-state index in [1.54, 1.807) is 0 Å². The van der Waals surface area contributed by atoms with Crippen LogP contribution in [0.5, 0.6) is 0 Å². The zero-order chi connectivity index (χ0) is 16.8. The fourth-order valence-electron chi connectivity index (χ4n) is 2.37. The summed E-state index contributed by atoms with van der Waals surface area (Å²) in [5.41, 5.74) is 5.05. The largest absolute Gasteiger partial charge is 0.362 e. The van der Waals surface area contributed by atoms with Crippen molar-refractivity contribution < 1.29 is 9.47 Å². The SMILES string of the molecule is N#CCOCc1ccc2nc3ccc(COCC#N)cc3nc2c1. The number of nitriles is 2. The van der Waals surface area contributed by atoms with Gasteiger partial charge in [-0.05, 0) is 35.4 Å². The van der Waals surface area contributed by atoms with E-state index in [9.17, 15) is 0 Å². The Hall–Kier alpha value is -3.06. The quantitative estimate of drug-likeness (QED) is 0.512. The molecule has 0 saturated heterocycles. The van der Waals surface area contributed by atoms with E-state index < -0.39 is 0 Å². The first-order chi connectivity index (χ1) is 11.8. The molecule has 6 nitrogen and oxygen atoms in total. The van der Waals surface area contributed by atoms with E-state index in [4.69, 9.17) is 20.0 Å². The molecule has 6 heteroatoms. The van der Waals surface area contributed by atoms with Crippen LogP contribution in [0.2, 0.25) is 0 Å². The maximum Gasteiger partial charge on any atom is 0.134 e. The molecule has 0 radical (unpaired) electrons. The number of hydrogen-bond acceptors (Lipinski definition) is 6. The second-order valence-electron chi connectivity index (χ2n) is 5.17. The van der Waals surface area contributed by atoms with Gasteiger partial charge in [0.05, 0.1) is 47.4 Å². The number of aromatic nitrogens is 2. The predicted molar refractivity (Wildman–Crippen MR) is 87.6 cm³/mol. The minimum Gasteiger partial charge on any atom is -0.362 e. The van der Waals surface area contributed by atoms with Gasteiger partial charge in [0.1, 0.15) is 13.2 Å². The average molecular weight is 318 g/mol. The van der Waals surface area contributed by atoms with Crippen molar-refractivity contribution in [1.29, 1.82) is 10.5 Å². The average Bonchev–Trinajstić information content (AvgIpc) is 2.60. The number of hydrogen-bond donors (Lipinski definition) is 0. The highest BCUT2D eigenvalue weighted by atomic mass is 16.5. The van der Waals surface area contributed by atoms with E-state index in [-0.39, 0.29) is 13.2 Å². The van der Waals surface area contributed by atoms with Crippen molar-refractivity contribution in [3.8, 4) is 12.1 Å². The van der Waals surface area contributed by atoms with Crippen LogP contribution >= 0.6 is 0 Å². The first-order valence-corrected chi connectivity index (χ1v) is 7.39. The van der Waals surface area contributed by atoms with E-state index >= 15 is 0 Å². The van der Waals surface area contributed by atoms with Crippen LogP contribution in [0.1, 0.15) is 11.1 Å². The van der Waals surface area contributed by atoms with Crippen molar-refractivity contribution in [2.45, 2.75) is 13.2 Å². The van der Waals surface area contributed by atoms with Crippen molar-refractivity contribution >= 4 is 22.1 Å². The molecule has 1 aromatic heterocycles. The molecule has 1 heterocycles. The number of nitrogens with zero attached hydrogens (tertiary/aromatic N) is 4.